The van der Waals surface area contributed by atoms with Crippen LogP contribution >= 0.6 is 0 Å². The molecular formula is C11H14N4O2. The zero-order chi connectivity index (χ0) is 12.1. The highest BCUT2D eigenvalue weighted by molar-refractivity contribution is 5.90. The molecule has 0 spiro atoms. The summed E-state index contributed by atoms with van der Waals surface area (Å²) in [4.78, 5) is 15.8. The Kier molecular flexibility index (Phi) is 3.54. The van der Waals surface area contributed by atoms with Crippen molar-refractivity contribution in [2.24, 2.45) is 0 Å². The van der Waals surface area contributed by atoms with E-state index in [0.717, 1.165) is 18.7 Å². The molecule has 0 aromatic carbocycles. The number of furan rings is 1. The molecule has 0 bridgehead atoms. The van der Waals surface area contributed by atoms with Gasteiger partial charge in [0.1, 0.15) is 11.6 Å². The second-order valence-electron chi connectivity index (χ2n) is 3.62. The summed E-state index contributed by atoms with van der Waals surface area (Å²) in [5.41, 5.74) is 0. The third kappa shape index (κ3) is 2.93. The maximum absolute atomic E-state index is 11.7. The van der Waals surface area contributed by atoms with E-state index in [9.17, 15) is 4.79 Å². The molecule has 0 saturated carbocycles. The fraction of sp³-hybridized carbons (Fsp3) is 0.364. The van der Waals surface area contributed by atoms with E-state index in [2.05, 4.69) is 20.5 Å². The largest absolute Gasteiger partial charge is 0.467 e. The van der Waals surface area contributed by atoms with Crippen LogP contribution in [-0.4, -0.2) is 21.1 Å². The molecule has 2 heterocycles. The maximum Gasteiger partial charge on any atom is 0.291 e. The van der Waals surface area contributed by atoms with Gasteiger partial charge in [0.05, 0.1) is 12.8 Å². The third-order valence-corrected chi connectivity index (χ3v) is 2.22. The number of carbonyl (C=O) groups excluding carboxylic acids is 1. The SMILES string of the molecule is CCCc1nc(C(=O)NCc2ccco2)n[nH]1. The lowest BCUT2D eigenvalue weighted by molar-refractivity contribution is 0.0938. The highest BCUT2D eigenvalue weighted by atomic mass is 16.3. The summed E-state index contributed by atoms with van der Waals surface area (Å²) in [6.07, 6.45) is 3.31. The highest BCUT2D eigenvalue weighted by Crippen LogP contribution is 2.00. The van der Waals surface area contributed by atoms with Crippen LogP contribution in [0.4, 0.5) is 0 Å². The van der Waals surface area contributed by atoms with Gasteiger partial charge in [-0.3, -0.25) is 9.89 Å². The van der Waals surface area contributed by atoms with E-state index in [-0.39, 0.29) is 11.7 Å². The number of aromatic amines is 1. The van der Waals surface area contributed by atoms with Crippen molar-refractivity contribution in [3.63, 3.8) is 0 Å². The van der Waals surface area contributed by atoms with E-state index in [4.69, 9.17) is 4.42 Å². The van der Waals surface area contributed by atoms with Gasteiger partial charge in [-0.05, 0) is 18.6 Å². The Morgan fingerprint density at radius 3 is 3.18 bits per heavy atom. The minimum absolute atomic E-state index is 0.167. The van der Waals surface area contributed by atoms with Gasteiger partial charge in [-0.25, -0.2) is 4.98 Å². The molecule has 2 N–H and O–H groups in total. The van der Waals surface area contributed by atoms with E-state index in [1.165, 1.54) is 0 Å². The topological polar surface area (TPSA) is 83.8 Å². The zero-order valence-electron chi connectivity index (χ0n) is 9.56. The molecule has 1 amide bonds. The Labute approximate surface area is 98.4 Å². The van der Waals surface area contributed by atoms with Crippen LogP contribution in [0.15, 0.2) is 22.8 Å². The van der Waals surface area contributed by atoms with Gasteiger partial charge in [0.25, 0.3) is 5.91 Å². The minimum Gasteiger partial charge on any atom is -0.467 e. The lowest BCUT2D eigenvalue weighted by Gasteiger charge is -1.98. The van der Waals surface area contributed by atoms with Crippen molar-refractivity contribution in [3.8, 4) is 0 Å². The van der Waals surface area contributed by atoms with Gasteiger partial charge in [0, 0.05) is 6.42 Å². The van der Waals surface area contributed by atoms with Crippen LogP contribution in [0.2, 0.25) is 0 Å². The Hall–Kier alpha value is -2.11. The number of aryl methyl sites for hydroxylation is 1. The monoisotopic (exact) mass is 234 g/mol. The summed E-state index contributed by atoms with van der Waals surface area (Å²) in [5.74, 6) is 1.29. The van der Waals surface area contributed by atoms with Crippen molar-refractivity contribution in [1.82, 2.24) is 20.5 Å². The van der Waals surface area contributed by atoms with Crippen LogP contribution < -0.4 is 5.32 Å². The molecule has 2 aromatic heterocycles. The summed E-state index contributed by atoms with van der Waals surface area (Å²) < 4.78 is 5.10. The van der Waals surface area contributed by atoms with E-state index in [1.807, 2.05) is 6.92 Å². The summed E-state index contributed by atoms with van der Waals surface area (Å²) in [7, 11) is 0. The molecule has 0 radical (unpaired) electrons. The summed E-state index contributed by atoms with van der Waals surface area (Å²) >= 11 is 0. The molecule has 2 rings (SSSR count). The smallest absolute Gasteiger partial charge is 0.291 e. The van der Waals surface area contributed by atoms with Gasteiger partial charge in [-0.15, -0.1) is 5.10 Å². The first-order valence-corrected chi connectivity index (χ1v) is 5.51. The number of aromatic nitrogens is 3. The quantitative estimate of drug-likeness (QED) is 0.816. The van der Waals surface area contributed by atoms with Crippen molar-refractivity contribution in [1.29, 1.82) is 0 Å². The van der Waals surface area contributed by atoms with Gasteiger partial charge in [0.2, 0.25) is 5.82 Å². The van der Waals surface area contributed by atoms with Crippen molar-refractivity contribution in [2.75, 3.05) is 0 Å². The highest BCUT2D eigenvalue weighted by Gasteiger charge is 2.11. The molecule has 0 aliphatic heterocycles. The number of amides is 1. The van der Waals surface area contributed by atoms with Crippen LogP contribution in [0, 0.1) is 0 Å². The lowest BCUT2D eigenvalue weighted by Crippen LogP contribution is -2.23. The van der Waals surface area contributed by atoms with E-state index in [0.29, 0.717) is 12.3 Å². The summed E-state index contributed by atoms with van der Waals surface area (Å²) in [6, 6.07) is 3.56. The van der Waals surface area contributed by atoms with Gasteiger partial charge in [-0.1, -0.05) is 6.92 Å². The molecule has 6 nitrogen and oxygen atoms in total. The molecule has 0 aliphatic carbocycles. The Bertz CT molecular complexity index is 475. The molecule has 0 saturated heterocycles. The molecule has 90 valence electrons. The fourth-order valence-electron chi connectivity index (χ4n) is 1.41. The minimum atomic E-state index is -0.306. The fourth-order valence-corrected chi connectivity index (χ4v) is 1.41. The van der Waals surface area contributed by atoms with E-state index in [1.54, 1.807) is 18.4 Å². The van der Waals surface area contributed by atoms with Crippen LogP contribution in [0.1, 0.15) is 35.5 Å². The third-order valence-electron chi connectivity index (χ3n) is 2.22. The first-order chi connectivity index (χ1) is 8.29. The first-order valence-electron chi connectivity index (χ1n) is 5.51. The summed E-state index contributed by atoms with van der Waals surface area (Å²) in [6.45, 7) is 2.38. The molecule has 2 aromatic rings. The Morgan fingerprint density at radius 2 is 2.47 bits per heavy atom. The number of hydrogen-bond acceptors (Lipinski definition) is 4. The second kappa shape index (κ2) is 5.29. The number of rotatable bonds is 5. The van der Waals surface area contributed by atoms with Gasteiger partial charge in [0.15, 0.2) is 0 Å². The zero-order valence-corrected chi connectivity index (χ0v) is 9.56. The van der Waals surface area contributed by atoms with Crippen LogP contribution in [-0.2, 0) is 13.0 Å². The Morgan fingerprint density at radius 1 is 1.59 bits per heavy atom. The predicted octanol–water partition coefficient (Wildman–Crippen LogP) is 1.28. The number of carbonyl (C=O) groups is 1. The van der Waals surface area contributed by atoms with Gasteiger partial charge in [-0.2, -0.15) is 0 Å². The molecule has 0 aliphatic rings. The summed E-state index contributed by atoms with van der Waals surface area (Å²) in [5, 5.41) is 9.27. The van der Waals surface area contributed by atoms with Crippen molar-refractivity contribution in [3.05, 3.63) is 35.8 Å². The van der Waals surface area contributed by atoms with E-state index >= 15 is 0 Å². The number of nitrogens with zero attached hydrogens (tertiary/aromatic N) is 2. The van der Waals surface area contributed by atoms with Crippen molar-refractivity contribution in [2.45, 2.75) is 26.3 Å². The van der Waals surface area contributed by atoms with E-state index < -0.39 is 0 Å². The van der Waals surface area contributed by atoms with Crippen LogP contribution in [0.5, 0.6) is 0 Å². The normalized spacial score (nSPS) is 10.4. The predicted molar refractivity (Wildman–Crippen MR) is 60.3 cm³/mol. The van der Waals surface area contributed by atoms with Crippen LogP contribution in [0.25, 0.3) is 0 Å². The second-order valence-corrected chi connectivity index (χ2v) is 3.62. The lowest BCUT2D eigenvalue weighted by atomic mass is 10.3. The average molecular weight is 234 g/mol. The molecule has 0 unspecified atom stereocenters. The number of H-pyrrole nitrogens is 1. The van der Waals surface area contributed by atoms with Gasteiger partial charge < -0.3 is 9.73 Å². The van der Waals surface area contributed by atoms with Gasteiger partial charge >= 0.3 is 0 Å². The molecule has 17 heavy (non-hydrogen) atoms. The average Bonchev–Trinajstić information content (AvgIpc) is 2.97. The molecule has 6 heteroatoms. The Balaban J connectivity index is 1.90. The molecule has 0 atom stereocenters. The van der Waals surface area contributed by atoms with Crippen LogP contribution in [0.3, 0.4) is 0 Å². The maximum atomic E-state index is 11.7. The molecular weight excluding hydrogens is 220 g/mol. The van der Waals surface area contributed by atoms with Crippen molar-refractivity contribution >= 4 is 5.91 Å². The standard InChI is InChI=1S/C11H14N4O2/c1-2-4-9-13-10(15-14-9)11(16)12-7-8-5-3-6-17-8/h3,5-6H,2,4,7H2,1H3,(H,12,16)(H,13,14,15). The number of hydrogen-bond donors (Lipinski definition) is 2. The van der Waals surface area contributed by atoms with Crippen molar-refractivity contribution < 1.29 is 9.21 Å². The first kappa shape index (κ1) is 11.4. The molecule has 0 fully saturated rings. The number of nitrogens with one attached hydrogen (secondary N) is 2.